The SMILES string of the molecule is NC(=O)N(c1ccccc1)c1cccc2c1Cc1ccccc1-2. The fraction of sp³-hybridized carbons (Fsp3) is 0.0500. The molecule has 1 aliphatic carbocycles. The third-order valence-electron chi connectivity index (χ3n) is 4.30. The van der Waals surface area contributed by atoms with E-state index in [4.69, 9.17) is 5.73 Å². The Hall–Kier alpha value is -3.07. The molecule has 0 radical (unpaired) electrons. The van der Waals surface area contributed by atoms with Gasteiger partial charge >= 0.3 is 6.03 Å². The Morgan fingerprint density at radius 2 is 1.52 bits per heavy atom. The molecule has 0 bridgehead atoms. The summed E-state index contributed by atoms with van der Waals surface area (Å²) < 4.78 is 0. The summed E-state index contributed by atoms with van der Waals surface area (Å²) in [5.41, 5.74) is 12.2. The van der Waals surface area contributed by atoms with Crippen LogP contribution >= 0.6 is 0 Å². The first kappa shape index (κ1) is 13.6. The number of anilines is 2. The van der Waals surface area contributed by atoms with Crippen LogP contribution in [0.1, 0.15) is 11.1 Å². The van der Waals surface area contributed by atoms with E-state index in [0.717, 1.165) is 23.4 Å². The molecule has 2 N–H and O–H groups in total. The van der Waals surface area contributed by atoms with Crippen LogP contribution < -0.4 is 10.6 Å². The van der Waals surface area contributed by atoms with E-state index < -0.39 is 6.03 Å². The van der Waals surface area contributed by atoms with Crippen LogP contribution in [0.25, 0.3) is 11.1 Å². The molecule has 0 aliphatic heterocycles. The van der Waals surface area contributed by atoms with Crippen molar-refractivity contribution in [1.82, 2.24) is 0 Å². The molecule has 3 aromatic rings. The van der Waals surface area contributed by atoms with Crippen molar-refractivity contribution in [2.24, 2.45) is 5.73 Å². The predicted molar refractivity (Wildman–Crippen MR) is 92.8 cm³/mol. The number of fused-ring (bicyclic) bond motifs is 3. The molecule has 0 aromatic heterocycles. The van der Waals surface area contributed by atoms with Crippen LogP contribution in [0.3, 0.4) is 0 Å². The number of hydrogen-bond donors (Lipinski definition) is 1. The molecule has 0 heterocycles. The van der Waals surface area contributed by atoms with Gasteiger partial charge in [0.1, 0.15) is 0 Å². The number of carbonyl (C=O) groups excluding carboxylic acids is 1. The third-order valence-corrected chi connectivity index (χ3v) is 4.30. The minimum absolute atomic E-state index is 0.472. The number of amides is 2. The van der Waals surface area contributed by atoms with Crippen molar-refractivity contribution in [3.8, 4) is 11.1 Å². The maximum Gasteiger partial charge on any atom is 0.323 e. The number of urea groups is 1. The summed E-state index contributed by atoms with van der Waals surface area (Å²) in [5, 5.41) is 0. The molecule has 1 aliphatic rings. The second-order valence-electron chi connectivity index (χ2n) is 5.65. The summed E-state index contributed by atoms with van der Waals surface area (Å²) in [6, 6.07) is 23.5. The van der Waals surface area contributed by atoms with E-state index >= 15 is 0 Å². The minimum atomic E-state index is -0.472. The summed E-state index contributed by atoms with van der Waals surface area (Å²) in [6.07, 6.45) is 0.818. The summed E-state index contributed by atoms with van der Waals surface area (Å²) in [5.74, 6) is 0. The lowest BCUT2D eigenvalue weighted by Crippen LogP contribution is -2.32. The van der Waals surface area contributed by atoms with Crippen LogP contribution in [0.5, 0.6) is 0 Å². The van der Waals surface area contributed by atoms with Gasteiger partial charge < -0.3 is 5.73 Å². The lowest BCUT2D eigenvalue weighted by Gasteiger charge is -2.23. The topological polar surface area (TPSA) is 46.3 Å². The van der Waals surface area contributed by atoms with Crippen molar-refractivity contribution in [2.45, 2.75) is 6.42 Å². The number of nitrogens with zero attached hydrogens (tertiary/aromatic N) is 1. The Balaban J connectivity index is 1.89. The molecule has 4 rings (SSSR count). The summed E-state index contributed by atoms with van der Waals surface area (Å²) in [7, 11) is 0. The number of primary amides is 1. The number of para-hydroxylation sites is 1. The van der Waals surface area contributed by atoms with Crippen LogP contribution in [0, 0.1) is 0 Å². The van der Waals surface area contributed by atoms with Crippen LogP contribution in [0.15, 0.2) is 72.8 Å². The number of rotatable bonds is 2. The lowest BCUT2D eigenvalue weighted by molar-refractivity contribution is 0.256. The maximum absolute atomic E-state index is 12.1. The van der Waals surface area contributed by atoms with Crippen molar-refractivity contribution in [1.29, 1.82) is 0 Å². The molecule has 3 aromatic carbocycles. The van der Waals surface area contributed by atoms with Gasteiger partial charge in [0.15, 0.2) is 0 Å². The molecular formula is C20H16N2O. The van der Waals surface area contributed by atoms with Crippen LogP contribution in [0.4, 0.5) is 16.2 Å². The Morgan fingerprint density at radius 3 is 2.30 bits per heavy atom. The first-order valence-electron chi connectivity index (χ1n) is 7.60. The highest BCUT2D eigenvalue weighted by Crippen LogP contribution is 2.42. The van der Waals surface area contributed by atoms with Crippen LogP contribution in [0.2, 0.25) is 0 Å². The largest absolute Gasteiger partial charge is 0.351 e. The van der Waals surface area contributed by atoms with Gasteiger partial charge in [-0.25, -0.2) is 4.79 Å². The molecule has 0 fully saturated rings. The van der Waals surface area contributed by atoms with E-state index in [1.807, 2.05) is 54.6 Å². The van der Waals surface area contributed by atoms with E-state index in [2.05, 4.69) is 18.2 Å². The molecule has 3 nitrogen and oxygen atoms in total. The lowest BCUT2D eigenvalue weighted by atomic mass is 10.0. The van der Waals surface area contributed by atoms with E-state index in [0.29, 0.717) is 0 Å². The van der Waals surface area contributed by atoms with E-state index in [1.165, 1.54) is 16.7 Å². The molecule has 0 saturated heterocycles. The van der Waals surface area contributed by atoms with E-state index in [9.17, 15) is 4.79 Å². The average molecular weight is 300 g/mol. The minimum Gasteiger partial charge on any atom is -0.351 e. The summed E-state index contributed by atoms with van der Waals surface area (Å²) in [6.45, 7) is 0. The number of nitrogens with two attached hydrogens (primary N) is 1. The number of carbonyl (C=O) groups is 1. The van der Waals surface area contributed by atoms with Gasteiger partial charge in [-0.15, -0.1) is 0 Å². The highest BCUT2D eigenvalue weighted by molar-refractivity contribution is 6.01. The number of benzene rings is 3. The van der Waals surface area contributed by atoms with Gasteiger partial charge in [-0.2, -0.15) is 0 Å². The third kappa shape index (κ3) is 2.18. The van der Waals surface area contributed by atoms with Gasteiger partial charge in [-0.05, 0) is 40.5 Å². The Morgan fingerprint density at radius 1 is 0.826 bits per heavy atom. The second kappa shape index (κ2) is 5.29. The van der Waals surface area contributed by atoms with Crippen molar-refractivity contribution >= 4 is 17.4 Å². The van der Waals surface area contributed by atoms with Gasteiger partial charge in [-0.3, -0.25) is 4.90 Å². The van der Waals surface area contributed by atoms with Crippen molar-refractivity contribution in [3.63, 3.8) is 0 Å². The molecule has 0 spiro atoms. The monoisotopic (exact) mass is 300 g/mol. The Bertz CT molecular complexity index is 887. The normalized spacial score (nSPS) is 11.7. The van der Waals surface area contributed by atoms with Gasteiger partial charge in [0.2, 0.25) is 0 Å². The zero-order valence-electron chi connectivity index (χ0n) is 12.6. The van der Waals surface area contributed by atoms with Crippen LogP contribution in [-0.4, -0.2) is 6.03 Å². The quantitative estimate of drug-likeness (QED) is 0.583. The van der Waals surface area contributed by atoms with Crippen molar-refractivity contribution < 1.29 is 4.79 Å². The first-order valence-corrected chi connectivity index (χ1v) is 7.60. The second-order valence-corrected chi connectivity index (χ2v) is 5.65. The molecule has 112 valence electrons. The van der Waals surface area contributed by atoms with Gasteiger partial charge in [0, 0.05) is 6.42 Å². The zero-order chi connectivity index (χ0) is 15.8. The summed E-state index contributed by atoms with van der Waals surface area (Å²) in [4.78, 5) is 13.7. The number of hydrogen-bond acceptors (Lipinski definition) is 1. The maximum atomic E-state index is 12.1. The van der Waals surface area contributed by atoms with Gasteiger partial charge in [0.05, 0.1) is 11.4 Å². The fourth-order valence-corrected chi connectivity index (χ4v) is 3.31. The Labute approximate surface area is 135 Å². The molecule has 3 heteroatoms. The molecule has 0 atom stereocenters. The van der Waals surface area contributed by atoms with Gasteiger partial charge in [-0.1, -0.05) is 54.6 Å². The van der Waals surface area contributed by atoms with E-state index in [1.54, 1.807) is 4.90 Å². The molecule has 0 saturated carbocycles. The highest BCUT2D eigenvalue weighted by Gasteiger charge is 2.25. The predicted octanol–water partition coefficient (Wildman–Crippen LogP) is 4.47. The highest BCUT2D eigenvalue weighted by atomic mass is 16.2. The standard InChI is InChI=1S/C20H16N2O/c21-20(23)22(15-8-2-1-3-9-15)19-12-6-11-17-16-10-5-4-7-14(16)13-18(17)19/h1-12H,13H2,(H2,21,23). The molecular weight excluding hydrogens is 284 g/mol. The van der Waals surface area contributed by atoms with Gasteiger partial charge in [0.25, 0.3) is 0 Å². The fourth-order valence-electron chi connectivity index (χ4n) is 3.31. The van der Waals surface area contributed by atoms with Crippen molar-refractivity contribution in [2.75, 3.05) is 4.90 Å². The van der Waals surface area contributed by atoms with E-state index in [-0.39, 0.29) is 0 Å². The first-order chi connectivity index (χ1) is 11.3. The summed E-state index contributed by atoms with van der Waals surface area (Å²) >= 11 is 0. The smallest absolute Gasteiger partial charge is 0.323 e. The molecule has 0 unspecified atom stereocenters. The zero-order valence-corrected chi connectivity index (χ0v) is 12.6. The van der Waals surface area contributed by atoms with Crippen LogP contribution in [-0.2, 0) is 6.42 Å². The average Bonchev–Trinajstić information content (AvgIpc) is 2.95. The Kier molecular flexibility index (Phi) is 3.12. The van der Waals surface area contributed by atoms with Crippen molar-refractivity contribution in [3.05, 3.63) is 83.9 Å². The molecule has 2 amide bonds. The molecule has 23 heavy (non-hydrogen) atoms.